The highest BCUT2D eigenvalue weighted by Crippen LogP contribution is 2.03. The molecule has 0 amide bonds. The summed E-state index contributed by atoms with van der Waals surface area (Å²) in [5.74, 6) is 0.256. The zero-order chi connectivity index (χ0) is 9.40. The van der Waals surface area contributed by atoms with Crippen LogP contribution in [-0.2, 0) is 9.53 Å². The summed E-state index contributed by atoms with van der Waals surface area (Å²) in [6, 6.07) is -0.488. The molecule has 0 radical (unpaired) electrons. The molecule has 1 atom stereocenters. The second kappa shape index (κ2) is 7.28. The van der Waals surface area contributed by atoms with Crippen LogP contribution in [0, 0.1) is 0 Å². The SMILES string of the molecule is CCOC(=O)C(CSC)N=C=S. The van der Waals surface area contributed by atoms with Crippen LogP contribution in [-0.4, -0.2) is 35.8 Å². The van der Waals surface area contributed by atoms with Crippen molar-refractivity contribution in [3.05, 3.63) is 0 Å². The van der Waals surface area contributed by atoms with Gasteiger partial charge in [-0.05, 0) is 25.4 Å². The first-order chi connectivity index (χ1) is 5.76. The van der Waals surface area contributed by atoms with E-state index in [0.717, 1.165) is 0 Å². The Balaban J connectivity index is 4.08. The van der Waals surface area contributed by atoms with Gasteiger partial charge in [0.05, 0.1) is 11.8 Å². The summed E-state index contributed by atoms with van der Waals surface area (Å²) < 4.78 is 4.78. The second-order valence-electron chi connectivity index (χ2n) is 1.94. The molecule has 0 fully saturated rings. The van der Waals surface area contributed by atoms with E-state index in [4.69, 9.17) is 4.74 Å². The van der Waals surface area contributed by atoms with Crippen molar-refractivity contribution < 1.29 is 9.53 Å². The molecule has 68 valence electrons. The number of isothiocyanates is 1. The summed E-state index contributed by atoms with van der Waals surface area (Å²) in [5.41, 5.74) is 0. The van der Waals surface area contributed by atoms with Crippen molar-refractivity contribution in [3.63, 3.8) is 0 Å². The topological polar surface area (TPSA) is 38.7 Å². The molecule has 1 unspecified atom stereocenters. The molecule has 0 aromatic rings. The lowest BCUT2D eigenvalue weighted by Gasteiger charge is -2.07. The minimum Gasteiger partial charge on any atom is -0.464 e. The quantitative estimate of drug-likeness (QED) is 0.386. The molecule has 12 heavy (non-hydrogen) atoms. The number of nitrogens with zero attached hydrogens (tertiary/aromatic N) is 1. The molecule has 0 saturated heterocycles. The lowest BCUT2D eigenvalue weighted by molar-refractivity contribution is -0.143. The average molecular weight is 205 g/mol. The van der Waals surface area contributed by atoms with Gasteiger partial charge in [-0.15, -0.1) is 0 Å². The van der Waals surface area contributed by atoms with Gasteiger partial charge in [0, 0.05) is 5.75 Å². The third-order valence-corrected chi connectivity index (χ3v) is 1.85. The van der Waals surface area contributed by atoms with Crippen molar-refractivity contribution in [1.82, 2.24) is 0 Å². The predicted octanol–water partition coefficient (Wildman–Crippen LogP) is 1.38. The van der Waals surface area contributed by atoms with Crippen molar-refractivity contribution in [2.45, 2.75) is 13.0 Å². The summed E-state index contributed by atoms with van der Waals surface area (Å²) in [4.78, 5) is 14.8. The fourth-order valence-electron chi connectivity index (χ4n) is 0.618. The third-order valence-electron chi connectivity index (χ3n) is 1.09. The van der Waals surface area contributed by atoms with Crippen LogP contribution in [0.4, 0.5) is 0 Å². The molecule has 0 spiro atoms. The third kappa shape index (κ3) is 4.49. The van der Waals surface area contributed by atoms with Crippen LogP contribution in [0.1, 0.15) is 6.92 Å². The van der Waals surface area contributed by atoms with Gasteiger partial charge in [0.25, 0.3) is 0 Å². The number of thioether (sulfide) groups is 1. The minimum atomic E-state index is -0.488. The summed E-state index contributed by atoms with van der Waals surface area (Å²) in [7, 11) is 0. The van der Waals surface area contributed by atoms with E-state index in [-0.39, 0.29) is 5.97 Å². The van der Waals surface area contributed by atoms with Crippen LogP contribution >= 0.6 is 24.0 Å². The van der Waals surface area contributed by atoms with Crippen LogP contribution in [0.5, 0.6) is 0 Å². The molecule has 3 nitrogen and oxygen atoms in total. The number of carbonyl (C=O) groups is 1. The smallest absolute Gasteiger partial charge is 0.332 e. The Morgan fingerprint density at radius 3 is 2.92 bits per heavy atom. The minimum absolute atomic E-state index is 0.329. The van der Waals surface area contributed by atoms with Crippen molar-refractivity contribution in [1.29, 1.82) is 0 Å². The number of hydrogen-bond acceptors (Lipinski definition) is 5. The van der Waals surface area contributed by atoms with Gasteiger partial charge in [-0.3, -0.25) is 0 Å². The van der Waals surface area contributed by atoms with Crippen LogP contribution < -0.4 is 0 Å². The maximum atomic E-state index is 11.1. The molecule has 0 aliphatic heterocycles. The van der Waals surface area contributed by atoms with Gasteiger partial charge < -0.3 is 4.74 Å². The van der Waals surface area contributed by atoms with E-state index >= 15 is 0 Å². The Labute approximate surface area is 81.6 Å². The number of hydrogen-bond donors (Lipinski definition) is 0. The lowest BCUT2D eigenvalue weighted by Crippen LogP contribution is -2.23. The number of ether oxygens (including phenoxy) is 1. The molecule has 0 aliphatic rings. The molecule has 0 aromatic heterocycles. The van der Waals surface area contributed by atoms with Gasteiger partial charge in [0.15, 0.2) is 6.04 Å². The second-order valence-corrected chi connectivity index (χ2v) is 3.04. The fourth-order valence-corrected chi connectivity index (χ4v) is 1.27. The molecule has 0 aromatic carbocycles. The van der Waals surface area contributed by atoms with Gasteiger partial charge in [0.2, 0.25) is 0 Å². The highest BCUT2D eigenvalue weighted by molar-refractivity contribution is 7.98. The first kappa shape index (κ1) is 11.6. The Morgan fingerprint density at radius 2 is 2.50 bits per heavy atom. The van der Waals surface area contributed by atoms with E-state index in [9.17, 15) is 4.79 Å². The zero-order valence-corrected chi connectivity index (χ0v) is 8.70. The zero-order valence-electron chi connectivity index (χ0n) is 7.07. The summed E-state index contributed by atoms with van der Waals surface area (Å²) in [5, 5.41) is 2.19. The molecular weight excluding hydrogens is 194 g/mol. The Hall–Kier alpha value is -0.380. The van der Waals surface area contributed by atoms with E-state index in [2.05, 4.69) is 22.4 Å². The lowest BCUT2D eigenvalue weighted by atomic mass is 10.4. The fraction of sp³-hybridized carbons (Fsp3) is 0.714. The molecule has 0 saturated carbocycles. The Bertz CT molecular complexity index is 190. The number of rotatable bonds is 5. The summed E-state index contributed by atoms with van der Waals surface area (Å²) >= 11 is 5.94. The molecule has 0 aliphatic carbocycles. The van der Waals surface area contributed by atoms with Gasteiger partial charge in [0.1, 0.15) is 0 Å². The molecule has 0 bridgehead atoms. The maximum absolute atomic E-state index is 11.1. The number of carbonyl (C=O) groups excluding carboxylic acids is 1. The van der Waals surface area contributed by atoms with Gasteiger partial charge in [-0.1, -0.05) is 0 Å². The highest BCUT2D eigenvalue weighted by Gasteiger charge is 2.16. The largest absolute Gasteiger partial charge is 0.464 e. The summed E-state index contributed by atoms with van der Waals surface area (Å²) in [6.07, 6.45) is 1.89. The van der Waals surface area contributed by atoms with E-state index in [0.29, 0.717) is 12.4 Å². The monoisotopic (exact) mass is 205 g/mol. The van der Waals surface area contributed by atoms with E-state index in [1.807, 2.05) is 6.26 Å². The predicted molar refractivity (Wildman–Crippen MR) is 53.8 cm³/mol. The van der Waals surface area contributed by atoms with Gasteiger partial charge >= 0.3 is 5.97 Å². The molecule has 0 rings (SSSR count). The number of aliphatic imine (C=N–C) groups is 1. The van der Waals surface area contributed by atoms with E-state index in [1.165, 1.54) is 11.8 Å². The van der Waals surface area contributed by atoms with Crippen molar-refractivity contribution in [2.75, 3.05) is 18.6 Å². The molecular formula is C7H11NO2S2. The van der Waals surface area contributed by atoms with Crippen LogP contribution in [0.25, 0.3) is 0 Å². The first-order valence-corrected chi connectivity index (χ1v) is 5.29. The molecule has 0 N–H and O–H groups in total. The average Bonchev–Trinajstić information content (AvgIpc) is 2.04. The number of thiocarbonyl (C=S) groups is 1. The maximum Gasteiger partial charge on any atom is 0.332 e. The first-order valence-electron chi connectivity index (χ1n) is 3.48. The van der Waals surface area contributed by atoms with Gasteiger partial charge in [-0.25, -0.2) is 9.79 Å². The van der Waals surface area contributed by atoms with Crippen molar-refractivity contribution in [2.24, 2.45) is 4.99 Å². The van der Waals surface area contributed by atoms with E-state index in [1.54, 1.807) is 6.92 Å². The molecule has 5 heteroatoms. The Morgan fingerprint density at radius 1 is 1.83 bits per heavy atom. The van der Waals surface area contributed by atoms with Gasteiger partial charge in [-0.2, -0.15) is 11.8 Å². The highest BCUT2D eigenvalue weighted by atomic mass is 32.2. The van der Waals surface area contributed by atoms with E-state index < -0.39 is 6.04 Å². The standard InChI is InChI=1S/C7H11NO2S2/c1-3-10-7(9)6(4-12-2)8-5-11/h6H,3-4H2,1-2H3. The number of esters is 1. The van der Waals surface area contributed by atoms with Crippen LogP contribution in [0.15, 0.2) is 4.99 Å². The normalized spacial score (nSPS) is 11.5. The van der Waals surface area contributed by atoms with Crippen molar-refractivity contribution in [3.8, 4) is 0 Å². The van der Waals surface area contributed by atoms with Crippen LogP contribution in [0.3, 0.4) is 0 Å². The van der Waals surface area contributed by atoms with Crippen molar-refractivity contribution >= 4 is 35.1 Å². The van der Waals surface area contributed by atoms with Crippen LogP contribution in [0.2, 0.25) is 0 Å². The Kier molecular flexibility index (Phi) is 7.05. The summed E-state index contributed by atoms with van der Waals surface area (Å²) in [6.45, 7) is 2.13. The molecule has 0 heterocycles.